The van der Waals surface area contributed by atoms with E-state index in [0.717, 1.165) is 5.56 Å². The summed E-state index contributed by atoms with van der Waals surface area (Å²) in [6.45, 7) is 1.76. The molecule has 2 amide bonds. The minimum atomic E-state index is -0.683. The van der Waals surface area contributed by atoms with Gasteiger partial charge >= 0.3 is 0 Å². The number of aryl methyl sites for hydroxylation is 1. The number of nitrogens with one attached hydrogen (secondary N) is 2. The van der Waals surface area contributed by atoms with E-state index >= 15 is 0 Å². The van der Waals surface area contributed by atoms with E-state index in [0.29, 0.717) is 0 Å². The molecule has 0 spiro atoms. The van der Waals surface area contributed by atoms with Crippen LogP contribution >= 0.6 is 0 Å². The third-order valence-electron chi connectivity index (χ3n) is 3.03. The number of aromatic hydroxyl groups is 1. The zero-order valence-electron chi connectivity index (χ0n) is 12.1. The lowest BCUT2D eigenvalue weighted by Gasteiger charge is -2.09. The molecule has 0 radical (unpaired) electrons. The number of nitro groups is 1. The standard InChI is InChI=1S/C15H13N3O5/c1-9-2-7-12(13(19)8-9)15(21)17-16-14(20)10-3-5-11(6-4-10)18(22)23/h2-8,19H,1H3,(H,16,20)(H,17,21). The number of hydrogen-bond acceptors (Lipinski definition) is 5. The molecule has 2 aromatic rings. The first-order valence-electron chi connectivity index (χ1n) is 6.53. The number of nitrogens with zero attached hydrogens (tertiary/aromatic N) is 1. The van der Waals surface area contributed by atoms with Gasteiger partial charge in [-0.25, -0.2) is 0 Å². The van der Waals surface area contributed by atoms with Gasteiger partial charge in [0.25, 0.3) is 17.5 Å². The summed E-state index contributed by atoms with van der Waals surface area (Å²) in [5.41, 5.74) is 5.13. The van der Waals surface area contributed by atoms with Crippen molar-refractivity contribution in [2.75, 3.05) is 0 Å². The molecule has 0 aromatic heterocycles. The minimum absolute atomic E-state index is 0.0135. The van der Waals surface area contributed by atoms with Crippen LogP contribution in [0.15, 0.2) is 42.5 Å². The molecule has 0 heterocycles. The number of rotatable bonds is 3. The first-order chi connectivity index (χ1) is 10.9. The maximum absolute atomic E-state index is 11.9. The van der Waals surface area contributed by atoms with Gasteiger partial charge in [-0.2, -0.15) is 0 Å². The van der Waals surface area contributed by atoms with Crippen LogP contribution in [0.4, 0.5) is 5.69 Å². The van der Waals surface area contributed by atoms with Crippen LogP contribution in [0.2, 0.25) is 0 Å². The zero-order chi connectivity index (χ0) is 17.0. The number of carbonyl (C=O) groups is 2. The van der Waals surface area contributed by atoms with Crippen LogP contribution in [-0.2, 0) is 0 Å². The fraction of sp³-hybridized carbons (Fsp3) is 0.0667. The van der Waals surface area contributed by atoms with Gasteiger partial charge in [0.1, 0.15) is 5.75 Å². The monoisotopic (exact) mass is 315 g/mol. The number of amides is 2. The Bertz CT molecular complexity index is 771. The Labute approximate surface area is 130 Å². The second kappa shape index (κ2) is 6.56. The molecule has 2 aromatic carbocycles. The van der Waals surface area contributed by atoms with Crippen LogP contribution in [0, 0.1) is 17.0 Å². The van der Waals surface area contributed by atoms with Gasteiger partial charge in [0, 0.05) is 17.7 Å². The Morgan fingerprint density at radius 3 is 2.22 bits per heavy atom. The van der Waals surface area contributed by atoms with E-state index in [9.17, 15) is 24.8 Å². The number of carbonyl (C=O) groups excluding carboxylic acids is 2. The summed E-state index contributed by atoms with van der Waals surface area (Å²) in [6.07, 6.45) is 0. The van der Waals surface area contributed by atoms with Crippen molar-refractivity contribution in [2.45, 2.75) is 6.92 Å². The van der Waals surface area contributed by atoms with Crippen molar-refractivity contribution in [3.8, 4) is 5.75 Å². The number of phenols is 1. The Balaban J connectivity index is 2.00. The van der Waals surface area contributed by atoms with Gasteiger partial charge in [0.05, 0.1) is 10.5 Å². The van der Waals surface area contributed by atoms with Gasteiger partial charge < -0.3 is 5.11 Å². The second-order valence-electron chi connectivity index (χ2n) is 4.73. The Morgan fingerprint density at radius 1 is 1.04 bits per heavy atom. The summed E-state index contributed by atoms with van der Waals surface area (Å²) in [7, 11) is 0. The lowest BCUT2D eigenvalue weighted by Crippen LogP contribution is -2.41. The average Bonchev–Trinajstić information content (AvgIpc) is 2.52. The molecular formula is C15H13N3O5. The van der Waals surface area contributed by atoms with Crippen molar-refractivity contribution >= 4 is 17.5 Å². The highest BCUT2D eigenvalue weighted by atomic mass is 16.6. The van der Waals surface area contributed by atoms with Crippen molar-refractivity contribution in [1.82, 2.24) is 10.9 Å². The Morgan fingerprint density at radius 2 is 1.65 bits per heavy atom. The predicted molar refractivity (Wildman–Crippen MR) is 80.9 cm³/mol. The number of hydrazine groups is 1. The van der Waals surface area contributed by atoms with Gasteiger partial charge in [-0.05, 0) is 36.8 Å². The van der Waals surface area contributed by atoms with Crippen LogP contribution in [0.1, 0.15) is 26.3 Å². The molecule has 2 rings (SSSR count). The minimum Gasteiger partial charge on any atom is -0.507 e. The van der Waals surface area contributed by atoms with Gasteiger partial charge in [-0.15, -0.1) is 0 Å². The van der Waals surface area contributed by atoms with Crippen LogP contribution in [0.5, 0.6) is 5.75 Å². The van der Waals surface area contributed by atoms with Gasteiger partial charge in [0.2, 0.25) is 0 Å². The molecule has 23 heavy (non-hydrogen) atoms. The SMILES string of the molecule is Cc1ccc(C(=O)NNC(=O)c2ccc([N+](=O)[O-])cc2)c(O)c1. The highest BCUT2D eigenvalue weighted by molar-refractivity contribution is 6.00. The first kappa shape index (κ1) is 16.0. The summed E-state index contributed by atoms with van der Waals surface area (Å²) in [5, 5.41) is 20.2. The van der Waals surface area contributed by atoms with Crippen LogP contribution < -0.4 is 10.9 Å². The molecule has 0 saturated carbocycles. The third kappa shape index (κ3) is 3.82. The number of nitro benzene ring substituents is 1. The van der Waals surface area contributed by atoms with Crippen molar-refractivity contribution < 1.29 is 19.6 Å². The summed E-state index contributed by atoms with van der Waals surface area (Å²) < 4.78 is 0. The molecular weight excluding hydrogens is 302 g/mol. The van der Waals surface area contributed by atoms with E-state index in [1.165, 1.54) is 36.4 Å². The van der Waals surface area contributed by atoms with Crippen molar-refractivity contribution in [2.24, 2.45) is 0 Å². The predicted octanol–water partition coefficient (Wildman–Crippen LogP) is 1.68. The average molecular weight is 315 g/mol. The molecule has 0 aliphatic carbocycles. The number of non-ortho nitro benzene ring substituents is 1. The molecule has 0 atom stereocenters. The fourth-order valence-corrected chi connectivity index (χ4v) is 1.82. The lowest BCUT2D eigenvalue weighted by molar-refractivity contribution is -0.384. The maximum atomic E-state index is 11.9. The summed E-state index contributed by atoms with van der Waals surface area (Å²) in [4.78, 5) is 33.7. The zero-order valence-corrected chi connectivity index (χ0v) is 12.1. The lowest BCUT2D eigenvalue weighted by atomic mass is 10.1. The second-order valence-corrected chi connectivity index (χ2v) is 4.73. The quantitative estimate of drug-likeness (QED) is 0.587. The van der Waals surface area contributed by atoms with E-state index in [1.54, 1.807) is 13.0 Å². The first-order valence-corrected chi connectivity index (χ1v) is 6.53. The Kier molecular flexibility index (Phi) is 4.55. The van der Waals surface area contributed by atoms with Crippen molar-refractivity contribution in [1.29, 1.82) is 0 Å². The van der Waals surface area contributed by atoms with Crippen LogP contribution in [-0.4, -0.2) is 21.8 Å². The third-order valence-corrected chi connectivity index (χ3v) is 3.03. The molecule has 0 saturated heterocycles. The molecule has 8 nitrogen and oxygen atoms in total. The number of hydrogen-bond donors (Lipinski definition) is 3. The van der Waals surface area contributed by atoms with Crippen molar-refractivity contribution in [3.05, 3.63) is 69.3 Å². The summed E-state index contributed by atoms with van der Waals surface area (Å²) in [6, 6.07) is 9.40. The molecule has 3 N–H and O–H groups in total. The normalized spacial score (nSPS) is 9.96. The van der Waals surface area contributed by atoms with Crippen LogP contribution in [0.3, 0.4) is 0 Å². The van der Waals surface area contributed by atoms with Gasteiger partial charge in [0.15, 0.2) is 0 Å². The number of benzene rings is 2. The van der Waals surface area contributed by atoms with E-state index in [2.05, 4.69) is 10.9 Å². The molecule has 8 heteroatoms. The molecule has 0 unspecified atom stereocenters. The fourth-order valence-electron chi connectivity index (χ4n) is 1.82. The van der Waals surface area contributed by atoms with E-state index in [4.69, 9.17) is 0 Å². The van der Waals surface area contributed by atoms with Crippen LogP contribution in [0.25, 0.3) is 0 Å². The number of phenolic OH excluding ortho intramolecular Hbond substituents is 1. The summed E-state index contributed by atoms with van der Waals surface area (Å²) >= 11 is 0. The summed E-state index contributed by atoms with van der Waals surface area (Å²) in [5.74, 6) is -1.52. The molecule has 0 aliphatic rings. The highest BCUT2D eigenvalue weighted by Gasteiger charge is 2.13. The van der Waals surface area contributed by atoms with Gasteiger partial charge in [-0.1, -0.05) is 6.07 Å². The van der Waals surface area contributed by atoms with E-state index in [-0.39, 0.29) is 22.6 Å². The highest BCUT2D eigenvalue weighted by Crippen LogP contribution is 2.18. The van der Waals surface area contributed by atoms with Gasteiger partial charge in [-0.3, -0.25) is 30.6 Å². The molecule has 118 valence electrons. The topological polar surface area (TPSA) is 122 Å². The van der Waals surface area contributed by atoms with Crippen molar-refractivity contribution in [3.63, 3.8) is 0 Å². The Hall–Kier alpha value is -3.42. The smallest absolute Gasteiger partial charge is 0.273 e. The molecule has 0 fully saturated rings. The maximum Gasteiger partial charge on any atom is 0.273 e. The molecule has 0 aliphatic heterocycles. The van der Waals surface area contributed by atoms with E-state index < -0.39 is 16.7 Å². The molecule has 0 bridgehead atoms. The largest absolute Gasteiger partial charge is 0.507 e. The van der Waals surface area contributed by atoms with E-state index in [1.807, 2.05) is 0 Å².